The first kappa shape index (κ1) is 28.9. The van der Waals surface area contributed by atoms with E-state index in [1.54, 1.807) is 24.5 Å². The average molecular weight is 548 g/mol. The van der Waals surface area contributed by atoms with Crippen LogP contribution in [0.25, 0.3) is 0 Å². The normalized spacial score (nSPS) is 11.7. The topological polar surface area (TPSA) is 117 Å². The van der Waals surface area contributed by atoms with Crippen LogP contribution in [0.1, 0.15) is 54.4 Å². The van der Waals surface area contributed by atoms with E-state index >= 15 is 0 Å². The number of hydrogen-bond donors (Lipinski definition) is 4. The number of anilines is 1. The van der Waals surface area contributed by atoms with E-state index in [9.17, 15) is 9.59 Å². The lowest BCUT2D eigenvalue weighted by molar-refractivity contribution is -0.114. The van der Waals surface area contributed by atoms with Gasteiger partial charge >= 0.3 is 6.09 Å². The van der Waals surface area contributed by atoms with Gasteiger partial charge in [-0.2, -0.15) is 0 Å². The number of guanidine groups is 1. The van der Waals surface area contributed by atoms with Gasteiger partial charge in [0.2, 0.25) is 5.91 Å². The van der Waals surface area contributed by atoms with E-state index in [0.717, 1.165) is 0 Å². The number of alkyl carbamates (subject to hydrolysis) is 1. The third-order valence-electron chi connectivity index (χ3n) is 4.38. The highest BCUT2D eigenvalue weighted by Gasteiger charge is 2.30. The summed E-state index contributed by atoms with van der Waals surface area (Å²) >= 11 is 0. The maximum absolute atomic E-state index is 12.3. The van der Waals surface area contributed by atoms with Crippen LogP contribution >= 0.6 is 24.0 Å². The van der Waals surface area contributed by atoms with Gasteiger partial charge in [-0.1, -0.05) is 13.8 Å². The number of nitrogens with zero attached hydrogens (tertiary/aromatic N) is 2. The Morgan fingerprint density at radius 1 is 1.13 bits per heavy atom. The Morgan fingerprint density at radius 3 is 2.32 bits per heavy atom. The summed E-state index contributed by atoms with van der Waals surface area (Å²) in [6.45, 7) is 12.5. The summed E-state index contributed by atoms with van der Waals surface area (Å²) in [7, 11) is 0. The van der Waals surface area contributed by atoms with Gasteiger partial charge in [-0.3, -0.25) is 9.78 Å². The molecule has 4 N–H and O–H groups in total. The van der Waals surface area contributed by atoms with Crippen LogP contribution in [-0.2, 0) is 9.53 Å². The number of carbonyl (C=O) groups excluding carboxylic acids is 2. The van der Waals surface area contributed by atoms with Gasteiger partial charge in [-0.05, 0) is 52.7 Å². The molecule has 0 aliphatic carbocycles. The monoisotopic (exact) mass is 548 g/mol. The second-order valence-corrected chi connectivity index (χ2v) is 7.95. The third-order valence-corrected chi connectivity index (χ3v) is 4.38. The first-order valence-corrected chi connectivity index (χ1v) is 10.4. The van der Waals surface area contributed by atoms with Crippen LogP contribution in [0.3, 0.4) is 0 Å². The molecule has 2 amide bonds. The van der Waals surface area contributed by atoms with Gasteiger partial charge in [-0.25, -0.2) is 9.79 Å². The predicted molar refractivity (Wildman–Crippen MR) is 135 cm³/mol. The molecule has 31 heavy (non-hydrogen) atoms. The third kappa shape index (κ3) is 11.7. The number of halogens is 1. The Morgan fingerprint density at radius 2 is 1.81 bits per heavy atom. The summed E-state index contributed by atoms with van der Waals surface area (Å²) in [5, 5.41) is 12.1. The van der Waals surface area contributed by atoms with Crippen LogP contribution in [0.5, 0.6) is 0 Å². The molecule has 0 fully saturated rings. The summed E-state index contributed by atoms with van der Waals surface area (Å²) in [5.74, 6) is 0.250. The number of ether oxygens (including phenoxy) is 1. The lowest BCUT2D eigenvalue weighted by atomic mass is 9.93. The molecule has 0 bridgehead atoms. The highest BCUT2D eigenvalue weighted by molar-refractivity contribution is 14.0. The fourth-order valence-corrected chi connectivity index (χ4v) is 2.62. The number of nitrogens with one attached hydrogen (secondary N) is 4. The van der Waals surface area contributed by atoms with E-state index in [1.165, 1.54) is 0 Å². The molecule has 0 radical (unpaired) electrons. The summed E-state index contributed by atoms with van der Waals surface area (Å²) in [4.78, 5) is 32.7. The zero-order valence-electron chi connectivity index (χ0n) is 19.4. The van der Waals surface area contributed by atoms with Gasteiger partial charge in [0, 0.05) is 19.3 Å². The SMILES string of the molecule is CCNC(=NCC(=O)Nc1cccnc1)NCC(CC)(CC)NC(=O)OC(C)(C)C.I. The largest absolute Gasteiger partial charge is 0.444 e. The van der Waals surface area contributed by atoms with E-state index in [1.807, 2.05) is 41.5 Å². The number of aliphatic imine (C=N–C) groups is 1. The average Bonchev–Trinajstić information content (AvgIpc) is 2.68. The summed E-state index contributed by atoms with van der Waals surface area (Å²) in [6.07, 6.45) is 4.17. The second kappa shape index (κ2) is 14.0. The minimum atomic E-state index is -0.567. The first-order valence-electron chi connectivity index (χ1n) is 10.4. The van der Waals surface area contributed by atoms with Crippen molar-refractivity contribution in [1.29, 1.82) is 0 Å². The molecule has 0 saturated carbocycles. The molecule has 0 spiro atoms. The van der Waals surface area contributed by atoms with Crippen molar-refractivity contribution >= 4 is 47.6 Å². The van der Waals surface area contributed by atoms with E-state index in [2.05, 4.69) is 31.2 Å². The Hall–Kier alpha value is -2.11. The number of aromatic nitrogens is 1. The first-order chi connectivity index (χ1) is 14.1. The van der Waals surface area contributed by atoms with Crippen molar-refractivity contribution in [3.8, 4) is 0 Å². The molecular formula is C21H37IN6O3. The Kier molecular flexibility index (Phi) is 13.1. The summed E-state index contributed by atoms with van der Waals surface area (Å²) in [6, 6.07) is 3.51. The quantitative estimate of drug-likeness (QED) is 0.214. The van der Waals surface area contributed by atoms with Gasteiger partial charge in [0.05, 0.1) is 17.4 Å². The van der Waals surface area contributed by atoms with Gasteiger partial charge in [0.1, 0.15) is 12.1 Å². The molecular weight excluding hydrogens is 511 g/mol. The zero-order chi connectivity index (χ0) is 22.6. The molecule has 10 heteroatoms. The molecule has 1 aromatic heterocycles. The van der Waals surface area contributed by atoms with E-state index in [0.29, 0.717) is 37.6 Å². The van der Waals surface area contributed by atoms with Crippen LogP contribution in [0, 0.1) is 0 Å². The highest BCUT2D eigenvalue weighted by atomic mass is 127. The lowest BCUT2D eigenvalue weighted by Gasteiger charge is -2.34. The van der Waals surface area contributed by atoms with Gasteiger partial charge < -0.3 is 26.0 Å². The maximum Gasteiger partial charge on any atom is 0.408 e. The standard InChI is InChI=1S/C21H36N6O3.HI/c1-7-21(8-2,27-19(29)30-20(4,5)6)15-25-18(23-9-3)24-14-17(28)26-16-11-10-12-22-13-16;/h10-13H,7-9,14-15H2,1-6H3,(H,26,28)(H,27,29)(H2,23,24,25);1H. The zero-order valence-corrected chi connectivity index (χ0v) is 21.7. The Balaban J connectivity index is 0.00000900. The minimum Gasteiger partial charge on any atom is -0.444 e. The van der Waals surface area contributed by atoms with Crippen molar-refractivity contribution in [3.63, 3.8) is 0 Å². The molecule has 9 nitrogen and oxygen atoms in total. The Bertz CT molecular complexity index is 703. The summed E-state index contributed by atoms with van der Waals surface area (Å²) < 4.78 is 5.41. The molecule has 0 aromatic carbocycles. The predicted octanol–water partition coefficient (Wildman–Crippen LogP) is 3.28. The smallest absolute Gasteiger partial charge is 0.408 e. The van der Waals surface area contributed by atoms with Crippen LogP contribution in [0.15, 0.2) is 29.5 Å². The van der Waals surface area contributed by atoms with Gasteiger partial charge in [-0.15, -0.1) is 24.0 Å². The molecule has 1 heterocycles. The van der Waals surface area contributed by atoms with Crippen LogP contribution in [0.4, 0.5) is 10.5 Å². The molecule has 0 unspecified atom stereocenters. The maximum atomic E-state index is 12.3. The number of rotatable bonds is 9. The molecule has 0 atom stereocenters. The van der Waals surface area contributed by atoms with Crippen molar-refractivity contribution in [1.82, 2.24) is 20.9 Å². The second-order valence-electron chi connectivity index (χ2n) is 7.95. The number of carbonyl (C=O) groups is 2. The van der Waals surface area contributed by atoms with E-state index < -0.39 is 17.2 Å². The van der Waals surface area contributed by atoms with Crippen LogP contribution in [0.2, 0.25) is 0 Å². The molecule has 0 aliphatic rings. The van der Waals surface area contributed by atoms with Crippen LogP contribution < -0.4 is 21.3 Å². The van der Waals surface area contributed by atoms with Gasteiger partial charge in [0.25, 0.3) is 0 Å². The molecule has 0 saturated heterocycles. The van der Waals surface area contributed by atoms with Crippen molar-refractivity contribution in [2.24, 2.45) is 4.99 Å². The number of hydrogen-bond acceptors (Lipinski definition) is 5. The number of pyridine rings is 1. The molecule has 1 rings (SSSR count). The fourth-order valence-electron chi connectivity index (χ4n) is 2.62. The molecule has 1 aromatic rings. The van der Waals surface area contributed by atoms with E-state index in [4.69, 9.17) is 4.74 Å². The molecule has 176 valence electrons. The van der Waals surface area contributed by atoms with Crippen molar-refractivity contribution < 1.29 is 14.3 Å². The fraction of sp³-hybridized carbons (Fsp3) is 0.619. The minimum absolute atomic E-state index is 0. The summed E-state index contributed by atoms with van der Waals surface area (Å²) in [5.41, 5.74) is -0.451. The van der Waals surface area contributed by atoms with Crippen LogP contribution in [-0.4, -0.2) is 53.7 Å². The highest BCUT2D eigenvalue weighted by Crippen LogP contribution is 2.16. The lowest BCUT2D eigenvalue weighted by Crippen LogP contribution is -2.57. The van der Waals surface area contributed by atoms with Crippen molar-refractivity contribution in [2.45, 2.75) is 65.5 Å². The van der Waals surface area contributed by atoms with Crippen molar-refractivity contribution in [2.75, 3.05) is 25.0 Å². The van der Waals surface area contributed by atoms with Crippen molar-refractivity contribution in [3.05, 3.63) is 24.5 Å². The molecule has 0 aliphatic heterocycles. The van der Waals surface area contributed by atoms with Gasteiger partial charge in [0.15, 0.2) is 5.96 Å². The van der Waals surface area contributed by atoms with E-state index in [-0.39, 0.29) is 36.4 Å². The Labute approximate surface area is 202 Å². The number of amides is 2.